The second-order valence-electron chi connectivity index (χ2n) is 5.62. The van der Waals surface area contributed by atoms with Crippen molar-refractivity contribution in [2.24, 2.45) is 5.92 Å². The first-order chi connectivity index (χ1) is 9.04. The van der Waals surface area contributed by atoms with E-state index in [4.69, 9.17) is 0 Å². The van der Waals surface area contributed by atoms with E-state index in [0.29, 0.717) is 12.0 Å². The summed E-state index contributed by atoms with van der Waals surface area (Å²) in [4.78, 5) is 0. The van der Waals surface area contributed by atoms with Crippen molar-refractivity contribution in [2.45, 2.75) is 46.8 Å². The Kier molecular flexibility index (Phi) is 6.07. The normalized spacial score (nSPS) is 10.9. The first-order valence-electron chi connectivity index (χ1n) is 6.84. The van der Waals surface area contributed by atoms with E-state index < -0.39 is 0 Å². The Balaban J connectivity index is 0.00000200. The van der Waals surface area contributed by atoms with Gasteiger partial charge in [0.15, 0.2) is 0 Å². The van der Waals surface area contributed by atoms with Crippen LogP contribution in [0.4, 0.5) is 5.69 Å². The van der Waals surface area contributed by atoms with Crippen LogP contribution < -0.4 is 5.32 Å². The summed E-state index contributed by atoms with van der Waals surface area (Å²) in [7, 11) is 0. The van der Waals surface area contributed by atoms with Crippen molar-refractivity contribution in [2.75, 3.05) is 5.32 Å². The van der Waals surface area contributed by atoms with E-state index in [1.165, 1.54) is 5.56 Å². The van der Waals surface area contributed by atoms with Gasteiger partial charge in [-0.2, -0.15) is 10.2 Å². The lowest BCUT2D eigenvalue weighted by molar-refractivity contribution is 0.483. The van der Waals surface area contributed by atoms with Crippen LogP contribution in [0.5, 0.6) is 0 Å². The Bertz CT molecular complexity index is 515. The average molecular weight is 298 g/mol. The van der Waals surface area contributed by atoms with Gasteiger partial charge in [-0.25, -0.2) is 0 Å². The zero-order chi connectivity index (χ0) is 13.8. The molecule has 0 atom stereocenters. The number of rotatable bonds is 6. The third-order valence-electron chi connectivity index (χ3n) is 2.87. The molecule has 0 saturated carbocycles. The standard InChI is InChI=1S/C14H23N5.ClH/c1-11(2)8-18-9-13(6-16-18)5-15-14-7-17-19(10-14)12(3)4;/h6-7,9-12,15H,5,8H2,1-4H3;1H. The summed E-state index contributed by atoms with van der Waals surface area (Å²) >= 11 is 0. The van der Waals surface area contributed by atoms with Gasteiger partial charge in [-0.1, -0.05) is 13.8 Å². The van der Waals surface area contributed by atoms with E-state index in [1.807, 2.05) is 28.0 Å². The maximum atomic E-state index is 4.36. The smallest absolute Gasteiger partial charge is 0.0729 e. The molecule has 20 heavy (non-hydrogen) atoms. The van der Waals surface area contributed by atoms with Gasteiger partial charge in [0.1, 0.15) is 0 Å². The van der Waals surface area contributed by atoms with Gasteiger partial charge >= 0.3 is 0 Å². The van der Waals surface area contributed by atoms with E-state index in [0.717, 1.165) is 18.8 Å². The Morgan fingerprint density at radius 3 is 2.45 bits per heavy atom. The molecule has 0 aliphatic heterocycles. The molecule has 1 N–H and O–H groups in total. The highest BCUT2D eigenvalue weighted by Gasteiger charge is 2.03. The number of aromatic nitrogens is 4. The van der Waals surface area contributed by atoms with Crippen molar-refractivity contribution in [3.8, 4) is 0 Å². The summed E-state index contributed by atoms with van der Waals surface area (Å²) in [5.74, 6) is 0.616. The number of nitrogens with zero attached hydrogens (tertiary/aromatic N) is 4. The van der Waals surface area contributed by atoms with Crippen LogP contribution in [0.1, 0.15) is 39.3 Å². The van der Waals surface area contributed by atoms with Gasteiger partial charge in [0.25, 0.3) is 0 Å². The second kappa shape index (κ2) is 7.33. The van der Waals surface area contributed by atoms with Crippen LogP contribution in [-0.4, -0.2) is 19.6 Å². The lowest BCUT2D eigenvalue weighted by Crippen LogP contribution is -2.04. The summed E-state index contributed by atoms with van der Waals surface area (Å²) in [6.07, 6.45) is 7.91. The predicted molar refractivity (Wildman–Crippen MR) is 84.3 cm³/mol. The van der Waals surface area contributed by atoms with Crippen LogP contribution in [0.3, 0.4) is 0 Å². The minimum atomic E-state index is 0. The zero-order valence-corrected chi connectivity index (χ0v) is 13.4. The molecule has 0 fully saturated rings. The fourth-order valence-corrected chi connectivity index (χ4v) is 1.89. The molecule has 0 radical (unpaired) electrons. The van der Waals surface area contributed by atoms with Gasteiger partial charge in [0.2, 0.25) is 0 Å². The molecule has 6 heteroatoms. The van der Waals surface area contributed by atoms with Crippen LogP contribution in [0, 0.1) is 5.92 Å². The van der Waals surface area contributed by atoms with Gasteiger partial charge in [-0.05, 0) is 19.8 Å². The Morgan fingerprint density at radius 2 is 1.85 bits per heavy atom. The lowest BCUT2D eigenvalue weighted by atomic mass is 10.2. The molecule has 0 aliphatic carbocycles. The minimum absolute atomic E-state index is 0. The highest BCUT2D eigenvalue weighted by Crippen LogP contribution is 2.11. The van der Waals surface area contributed by atoms with Crippen molar-refractivity contribution in [1.29, 1.82) is 0 Å². The molecule has 2 rings (SSSR count). The van der Waals surface area contributed by atoms with Crippen molar-refractivity contribution in [3.05, 3.63) is 30.4 Å². The van der Waals surface area contributed by atoms with Crippen LogP contribution in [0.15, 0.2) is 24.8 Å². The summed E-state index contributed by atoms with van der Waals surface area (Å²) in [5.41, 5.74) is 2.24. The van der Waals surface area contributed by atoms with Crippen LogP contribution in [-0.2, 0) is 13.1 Å². The highest BCUT2D eigenvalue weighted by atomic mass is 35.5. The van der Waals surface area contributed by atoms with Crippen LogP contribution in [0.2, 0.25) is 0 Å². The van der Waals surface area contributed by atoms with Crippen LogP contribution >= 0.6 is 12.4 Å². The molecule has 112 valence electrons. The Hall–Kier alpha value is -1.49. The third-order valence-corrected chi connectivity index (χ3v) is 2.87. The molecular weight excluding hydrogens is 274 g/mol. The summed E-state index contributed by atoms with van der Waals surface area (Å²) in [6.45, 7) is 10.4. The van der Waals surface area contributed by atoms with E-state index in [2.05, 4.69) is 49.4 Å². The Labute approximate surface area is 126 Å². The number of nitrogens with one attached hydrogen (secondary N) is 1. The number of hydrogen-bond acceptors (Lipinski definition) is 3. The third kappa shape index (κ3) is 4.56. The molecule has 2 aromatic rings. The van der Waals surface area contributed by atoms with E-state index >= 15 is 0 Å². The zero-order valence-electron chi connectivity index (χ0n) is 12.6. The first kappa shape index (κ1) is 16.6. The summed E-state index contributed by atoms with van der Waals surface area (Å²) in [5, 5.41) is 12.0. The average Bonchev–Trinajstić information content (AvgIpc) is 2.94. The number of anilines is 1. The van der Waals surface area contributed by atoms with Crippen molar-refractivity contribution >= 4 is 18.1 Å². The molecule has 0 aromatic carbocycles. The fourth-order valence-electron chi connectivity index (χ4n) is 1.89. The quantitative estimate of drug-likeness (QED) is 0.889. The van der Waals surface area contributed by atoms with E-state index in [9.17, 15) is 0 Å². The van der Waals surface area contributed by atoms with Gasteiger partial charge in [0.05, 0.1) is 18.1 Å². The molecule has 0 spiro atoms. The lowest BCUT2D eigenvalue weighted by Gasteiger charge is -2.04. The van der Waals surface area contributed by atoms with Crippen molar-refractivity contribution < 1.29 is 0 Å². The highest BCUT2D eigenvalue weighted by molar-refractivity contribution is 5.85. The molecule has 0 aliphatic rings. The SMILES string of the molecule is CC(C)Cn1cc(CNc2cnn(C(C)C)c2)cn1.Cl. The topological polar surface area (TPSA) is 47.7 Å². The Morgan fingerprint density at radius 1 is 1.10 bits per heavy atom. The van der Waals surface area contributed by atoms with Gasteiger partial charge in [-0.15, -0.1) is 12.4 Å². The molecule has 0 bridgehead atoms. The number of hydrogen-bond donors (Lipinski definition) is 1. The van der Waals surface area contributed by atoms with E-state index in [1.54, 1.807) is 0 Å². The molecular formula is C14H24ClN5. The maximum absolute atomic E-state index is 4.36. The fraction of sp³-hybridized carbons (Fsp3) is 0.571. The summed E-state index contributed by atoms with van der Waals surface area (Å²) in [6, 6.07) is 0.393. The molecule has 0 unspecified atom stereocenters. The molecule has 0 amide bonds. The largest absolute Gasteiger partial charge is 0.378 e. The molecule has 2 heterocycles. The summed E-state index contributed by atoms with van der Waals surface area (Å²) < 4.78 is 3.95. The first-order valence-corrected chi connectivity index (χ1v) is 6.84. The molecule has 0 saturated heterocycles. The molecule has 2 aromatic heterocycles. The van der Waals surface area contributed by atoms with Gasteiger partial charge in [0, 0.05) is 37.1 Å². The second-order valence-corrected chi connectivity index (χ2v) is 5.62. The van der Waals surface area contributed by atoms with Crippen molar-refractivity contribution in [1.82, 2.24) is 19.6 Å². The maximum Gasteiger partial charge on any atom is 0.0729 e. The molecule has 5 nitrogen and oxygen atoms in total. The van der Waals surface area contributed by atoms with Gasteiger partial charge in [-0.3, -0.25) is 9.36 Å². The minimum Gasteiger partial charge on any atom is -0.378 e. The van der Waals surface area contributed by atoms with Gasteiger partial charge < -0.3 is 5.32 Å². The van der Waals surface area contributed by atoms with Crippen molar-refractivity contribution in [3.63, 3.8) is 0 Å². The number of halogens is 1. The van der Waals surface area contributed by atoms with Crippen LogP contribution in [0.25, 0.3) is 0 Å². The predicted octanol–water partition coefficient (Wildman–Crippen LogP) is 3.35. The monoisotopic (exact) mass is 297 g/mol. The van der Waals surface area contributed by atoms with E-state index in [-0.39, 0.29) is 12.4 Å².